The molecule has 10 nitrogen and oxygen atoms in total. The topological polar surface area (TPSA) is 139 Å². The SMILES string of the molecule is Cc1cccc(Oc2ccc(-c3c(-c4ccc([N+](=O)[O-])cc4)n(C)c4ncnc(N)c34)c(CC=O)c2)n1. The second-order valence-corrected chi connectivity index (χ2v) is 8.45. The zero-order valence-electron chi connectivity index (χ0n) is 20.1. The number of hydrogen-bond acceptors (Lipinski definition) is 8. The number of carbonyl (C=O) groups is 1. The van der Waals surface area contributed by atoms with Crippen LogP contribution in [0, 0.1) is 17.0 Å². The fourth-order valence-corrected chi connectivity index (χ4v) is 4.45. The summed E-state index contributed by atoms with van der Waals surface area (Å²) in [6.07, 6.45) is 2.33. The predicted octanol–water partition coefficient (Wildman–Crippen LogP) is 5.03. The lowest BCUT2D eigenvalue weighted by Crippen LogP contribution is -1.97. The molecule has 0 fully saturated rings. The van der Waals surface area contributed by atoms with Crippen molar-refractivity contribution in [3.63, 3.8) is 0 Å². The van der Waals surface area contributed by atoms with Gasteiger partial charge in [0.1, 0.15) is 29.8 Å². The molecule has 0 unspecified atom stereocenters. The largest absolute Gasteiger partial charge is 0.439 e. The van der Waals surface area contributed by atoms with Gasteiger partial charge in [0.15, 0.2) is 0 Å². The minimum absolute atomic E-state index is 0.0173. The Hall–Kier alpha value is -5.12. The molecule has 0 bridgehead atoms. The molecule has 3 aromatic heterocycles. The maximum Gasteiger partial charge on any atom is 0.269 e. The molecule has 2 aromatic carbocycles. The summed E-state index contributed by atoms with van der Waals surface area (Å²) >= 11 is 0. The van der Waals surface area contributed by atoms with Gasteiger partial charge in [-0.2, -0.15) is 0 Å². The molecule has 0 aliphatic heterocycles. The number of anilines is 1. The van der Waals surface area contributed by atoms with Crippen molar-refractivity contribution in [1.82, 2.24) is 19.5 Å². The molecule has 0 saturated heterocycles. The van der Waals surface area contributed by atoms with E-state index in [1.165, 1.54) is 18.5 Å². The van der Waals surface area contributed by atoms with E-state index in [0.29, 0.717) is 28.2 Å². The van der Waals surface area contributed by atoms with E-state index in [0.717, 1.165) is 34.4 Å². The minimum atomic E-state index is -0.445. The molecule has 3 heterocycles. The monoisotopic (exact) mass is 494 g/mol. The summed E-state index contributed by atoms with van der Waals surface area (Å²) in [5.74, 6) is 1.25. The Balaban J connectivity index is 1.73. The molecule has 0 aliphatic carbocycles. The van der Waals surface area contributed by atoms with Gasteiger partial charge in [-0.3, -0.25) is 10.1 Å². The van der Waals surface area contributed by atoms with E-state index in [9.17, 15) is 14.9 Å². The van der Waals surface area contributed by atoms with Crippen LogP contribution in [0.5, 0.6) is 11.6 Å². The number of benzene rings is 2. The Bertz CT molecular complexity index is 1660. The normalized spacial score (nSPS) is 11.0. The standard InChI is InChI=1S/C27H22N6O4/c1-16-4-3-5-22(31-16)37-20-10-11-21(18(14-20)12-13-34)23-24-26(28)29-15-30-27(24)32(2)25(23)17-6-8-19(9-7-17)33(35)36/h3-11,13-15H,12H2,1-2H3,(H2,28,29,30). The molecule has 0 spiro atoms. The highest BCUT2D eigenvalue weighted by atomic mass is 16.6. The summed E-state index contributed by atoms with van der Waals surface area (Å²) in [7, 11) is 1.84. The number of aromatic nitrogens is 4. The number of fused-ring (bicyclic) bond motifs is 1. The molecule has 0 saturated carbocycles. The molecule has 10 heteroatoms. The Kier molecular flexibility index (Phi) is 6.06. The van der Waals surface area contributed by atoms with E-state index in [1.807, 2.05) is 36.7 Å². The first kappa shape index (κ1) is 23.6. The molecular weight excluding hydrogens is 472 g/mol. The maximum atomic E-state index is 11.7. The molecule has 2 N–H and O–H groups in total. The average Bonchev–Trinajstić information content (AvgIpc) is 3.18. The highest BCUT2D eigenvalue weighted by Crippen LogP contribution is 2.44. The van der Waals surface area contributed by atoms with Crippen molar-refractivity contribution in [2.45, 2.75) is 13.3 Å². The molecule has 37 heavy (non-hydrogen) atoms. The van der Waals surface area contributed by atoms with E-state index < -0.39 is 4.92 Å². The molecule has 184 valence electrons. The number of non-ortho nitro benzene ring substituents is 1. The Morgan fingerprint density at radius 3 is 2.59 bits per heavy atom. The van der Waals surface area contributed by atoms with Crippen LogP contribution in [0.4, 0.5) is 11.5 Å². The highest BCUT2D eigenvalue weighted by molar-refractivity contribution is 6.08. The van der Waals surface area contributed by atoms with E-state index in [1.54, 1.807) is 30.3 Å². The van der Waals surface area contributed by atoms with Gasteiger partial charge in [-0.15, -0.1) is 0 Å². The fourth-order valence-electron chi connectivity index (χ4n) is 4.45. The van der Waals surface area contributed by atoms with Gasteiger partial charge < -0.3 is 19.8 Å². The summed E-state index contributed by atoms with van der Waals surface area (Å²) in [5.41, 5.74) is 11.4. The van der Waals surface area contributed by atoms with Crippen molar-refractivity contribution in [2.75, 3.05) is 5.73 Å². The third-order valence-corrected chi connectivity index (χ3v) is 6.08. The number of rotatable bonds is 7. The van der Waals surface area contributed by atoms with Gasteiger partial charge in [-0.1, -0.05) is 12.1 Å². The van der Waals surface area contributed by atoms with Crippen LogP contribution in [-0.4, -0.2) is 30.7 Å². The first-order valence-corrected chi connectivity index (χ1v) is 11.4. The highest BCUT2D eigenvalue weighted by Gasteiger charge is 2.24. The van der Waals surface area contributed by atoms with Gasteiger partial charge in [0, 0.05) is 42.9 Å². The zero-order chi connectivity index (χ0) is 26.1. The zero-order valence-corrected chi connectivity index (χ0v) is 20.1. The summed E-state index contributed by atoms with van der Waals surface area (Å²) in [6, 6.07) is 17.2. The van der Waals surface area contributed by atoms with Crippen molar-refractivity contribution in [1.29, 1.82) is 0 Å². The lowest BCUT2D eigenvalue weighted by molar-refractivity contribution is -0.384. The van der Waals surface area contributed by atoms with Crippen LogP contribution in [-0.2, 0) is 18.3 Å². The number of nitro groups is 1. The van der Waals surface area contributed by atoms with Gasteiger partial charge in [0.2, 0.25) is 5.88 Å². The average molecular weight is 495 g/mol. The summed E-state index contributed by atoms with van der Waals surface area (Å²) in [6.45, 7) is 1.88. The number of aldehydes is 1. The van der Waals surface area contributed by atoms with Crippen LogP contribution in [0.15, 0.2) is 67.0 Å². The second-order valence-electron chi connectivity index (χ2n) is 8.45. The van der Waals surface area contributed by atoms with Crippen LogP contribution in [0.3, 0.4) is 0 Å². The van der Waals surface area contributed by atoms with Crippen LogP contribution >= 0.6 is 0 Å². The summed E-state index contributed by atoms with van der Waals surface area (Å²) in [5, 5.41) is 11.8. The van der Waals surface area contributed by atoms with Gasteiger partial charge in [-0.05, 0) is 53.9 Å². The van der Waals surface area contributed by atoms with Gasteiger partial charge in [-0.25, -0.2) is 15.0 Å². The number of aryl methyl sites for hydroxylation is 2. The number of nitro benzene ring substituents is 1. The van der Waals surface area contributed by atoms with Crippen molar-refractivity contribution in [3.8, 4) is 34.0 Å². The van der Waals surface area contributed by atoms with E-state index in [2.05, 4.69) is 15.0 Å². The molecule has 5 rings (SSSR count). The van der Waals surface area contributed by atoms with Crippen LogP contribution in [0.25, 0.3) is 33.4 Å². The molecular formula is C27H22N6O4. The van der Waals surface area contributed by atoms with Crippen molar-refractivity contribution < 1.29 is 14.5 Å². The minimum Gasteiger partial charge on any atom is -0.439 e. The Labute approximate surface area is 211 Å². The number of ether oxygens (including phenoxy) is 1. The number of hydrogen-bond donors (Lipinski definition) is 1. The molecule has 0 aliphatic rings. The number of nitrogens with two attached hydrogens (primary N) is 1. The van der Waals surface area contributed by atoms with Gasteiger partial charge in [0.05, 0.1) is 16.0 Å². The summed E-state index contributed by atoms with van der Waals surface area (Å²) < 4.78 is 7.83. The van der Waals surface area contributed by atoms with E-state index in [4.69, 9.17) is 10.5 Å². The predicted molar refractivity (Wildman–Crippen MR) is 139 cm³/mol. The number of pyridine rings is 1. The van der Waals surface area contributed by atoms with Gasteiger partial charge in [0.25, 0.3) is 5.69 Å². The third-order valence-electron chi connectivity index (χ3n) is 6.08. The van der Waals surface area contributed by atoms with Crippen molar-refractivity contribution in [2.24, 2.45) is 7.05 Å². The Morgan fingerprint density at radius 1 is 1.11 bits per heavy atom. The molecule has 5 aromatic rings. The quantitative estimate of drug-likeness (QED) is 0.189. The first-order valence-electron chi connectivity index (χ1n) is 11.4. The van der Waals surface area contributed by atoms with E-state index >= 15 is 0 Å². The number of nitrogens with zero attached hydrogens (tertiary/aromatic N) is 5. The number of carbonyl (C=O) groups excluding carboxylic acids is 1. The van der Waals surface area contributed by atoms with E-state index in [-0.39, 0.29) is 17.9 Å². The van der Waals surface area contributed by atoms with Crippen LogP contribution in [0.1, 0.15) is 11.3 Å². The molecule has 0 amide bonds. The molecule has 0 radical (unpaired) electrons. The van der Waals surface area contributed by atoms with Crippen molar-refractivity contribution >= 4 is 28.8 Å². The lowest BCUT2D eigenvalue weighted by Gasteiger charge is -2.14. The lowest BCUT2D eigenvalue weighted by atomic mass is 9.93. The van der Waals surface area contributed by atoms with Crippen LogP contribution < -0.4 is 10.5 Å². The van der Waals surface area contributed by atoms with Gasteiger partial charge >= 0.3 is 0 Å². The second kappa shape index (κ2) is 9.50. The maximum absolute atomic E-state index is 11.7. The first-order chi connectivity index (χ1) is 17.9. The third kappa shape index (κ3) is 4.36. The van der Waals surface area contributed by atoms with Crippen molar-refractivity contribution in [3.05, 3.63) is 88.4 Å². The smallest absolute Gasteiger partial charge is 0.269 e. The molecule has 0 atom stereocenters. The Morgan fingerprint density at radius 2 is 1.89 bits per heavy atom. The summed E-state index contributed by atoms with van der Waals surface area (Å²) in [4.78, 5) is 35.5. The van der Waals surface area contributed by atoms with Crippen LogP contribution in [0.2, 0.25) is 0 Å². The fraction of sp³-hybridized carbons (Fsp3) is 0.111. The number of nitrogen functional groups attached to an aromatic ring is 1.